The van der Waals surface area contributed by atoms with Crippen molar-refractivity contribution in [1.82, 2.24) is 9.78 Å². The van der Waals surface area contributed by atoms with E-state index >= 15 is 0 Å². The summed E-state index contributed by atoms with van der Waals surface area (Å²) in [6, 6.07) is 2.05. The second-order valence-electron chi connectivity index (χ2n) is 10.7. The summed E-state index contributed by atoms with van der Waals surface area (Å²) < 4.78 is 1.95. The summed E-state index contributed by atoms with van der Waals surface area (Å²) in [5, 5.41) is 4.60. The van der Waals surface area contributed by atoms with Gasteiger partial charge in [-0.3, -0.25) is 9.48 Å². The molecule has 5 rings (SSSR count). The molecule has 152 valence electrons. The molecule has 3 nitrogen and oxygen atoms in total. The zero-order valence-electron chi connectivity index (χ0n) is 17.9. The number of rotatable bonds is 2. The molecule has 6 atom stereocenters. The maximum absolute atomic E-state index is 13.5. The number of hydrogen-bond donors (Lipinski definition) is 0. The van der Waals surface area contributed by atoms with Gasteiger partial charge >= 0.3 is 0 Å². The van der Waals surface area contributed by atoms with E-state index in [0.717, 1.165) is 48.4 Å². The van der Waals surface area contributed by atoms with Crippen LogP contribution in [0.4, 0.5) is 0 Å². The molecule has 0 radical (unpaired) electrons. The van der Waals surface area contributed by atoms with Gasteiger partial charge in [-0.2, -0.15) is 5.10 Å². The highest BCUT2D eigenvalue weighted by Crippen LogP contribution is 2.66. The average Bonchev–Trinajstić information content (AvgIpc) is 3.25. The van der Waals surface area contributed by atoms with Gasteiger partial charge in [0.1, 0.15) is 0 Å². The van der Waals surface area contributed by atoms with Gasteiger partial charge in [0.25, 0.3) is 0 Å². The molecular formula is C25H36N2O. The maximum Gasteiger partial charge on any atom is 0.165 e. The Morgan fingerprint density at radius 3 is 2.79 bits per heavy atom. The Balaban J connectivity index is 1.45. The molecule has 6 unspecified atom stereocenters. The second-order valence-corrected chi connectivity index (χ2v) is 10.7. The molecule has 1 aromatic rings. The quantitative estimate of drug-likeness (QED) is 0.599. The lowest BCUT2D eigenvalue weighted by Crippen LogP contribution is -2.52. The van der Waals surface area contributed by atoms with E-state index < -0.39 is 0 Å². The van der Waals surface area contributed by atoms with Crippen LogP contribution in [0.25, 0.3) is 6.08 Å². The van der Waals surface area contributed by atoms with Gasteiger partial charge in [-0.05, 0) is 98.7 Å². The highest BCUT2D eigenvalue weighted by molar-refractivity contribution is 6.05. The van der Waals surface area contributed by atoms with E-state index in [9.17, 15) is 4.79 Å². The number of allylic oxidation sites excluding steroid dienone is 1. The van der Waals surface area contributed by atoms with Crippen molar-refractivity contribution < 1.29 is 4.79 Å². The number of carbonyl (C=O) groups is 1. The van der Waals surface area contributed by atoms with Crippen LogP contribution in [-0.4, -0.2) is 15.6 Å². The predicted molar refractivity (Wildman–Crippen MR) is 113 cm³/mol. The number of aromatic nitrogens is 2. The van der Waals surface area contributed by atoms with Crippen LogP contribution in [0.1, 0.15) is 84.3 Å². The highest BCUT2D eigenvalue weighted by Gasteiger charge is 2.60. The Morgan fingerprint density at radius 1 is 1.14 bits per heavy atom. The fourth-order valence-corrected chi connectivity index (χ4v) is 7.90. The molecule has 0 N–H and O–H groups in total. The van der Waals surface area contributed by atoms with Crippen molar-refractivity contribution in [3.8, 4) is 0 Å². The number of nitrogens with zero attached hydrogens (tertiary/aromatic N) is 2. The summed E-state index contributed by atoms with van der Waals surface area (Å²) in [5.74, 6) is 3.52. The summed E-state index contributed by atoms with van der Waals surface area (Å²) in [6.45, 7) is 7.88. The van der Waals surface area contributed by atoms with Crippen LogP contribution in [0.2, 0.25) is 0 Å². The Kier molecular flexibility index (Phi) is 4.37. The van der Waals surface area contributed by atoms with Gasteiger partial charge in [0.15, 0.2) is 5.78 Å². The molecular weight excluding hydrogens is 344 g/mol. The van der Waals surface area contributed by atoms with Gasteiger partial charge in [0, 0.05) is 18.2 Å². The van der Waals surface area contributed by atoms with E-state index in [0.29, 0.717) is 17.1 Å². The molecule has 3 heteroatoms. The molecule has 1 heterocycles. The van der Waals surface area contributed by atoms with E-state index in [1.54, 1.807) is 0 Å². The van der Waals surface area contributed by atoms with E-state index in [1.165, 1.54) is 44.9 Å². The maximum atomic E-state index is 13.5. The lowest BCUT2D eigenvalue weighted by atomic mass is 9.45. The second kappa shape index (κ2) is 6.57. The van der Waals surface area contributed by atoms with Crippen LogP contribution < -0.4 is 0 Å². The van der Waals surface area contributed by atoms with Crippen molar-refractivity contribution in [3.05, 3.63) is 23.5 Å². The van der Waals surface area contributed by atoms with E-state index in [2.05, 4.69) is 31.9 Å². The lowest BCUT2D eigenvalue weighted by Gasteiger charge is -2.59. The molecule has 4 fully saturated rings. The number of Topliss-reactive ketones (excluding diaryl/α,β-unsaturated/α-hetero) is 1. The van der Waals surface area contributed by atoms with Crippen molar-refractivity contribution >= 4 is 11.9 Å². The summed E-state index contributed by atoms with van der Waals surface area (Å²) in [7, 11) is 0. The molecule has 28 heavy (non-hydrogen) atoms. The molecule has 0 amide bonds. The highest BCUT2D eigenvalue weighted by atomic mass is 16.1. The third-order valence-corrected chi connectivity index (χ3v) is 9.53. The number of carbonyl (C=O) groups excluding carboxylic acids is 1. The first-order valence-electron chi connectivity index (χ1n) is 11.7. The van der Waals surface area contributed by atoms with Gasteiger partial charge in [-0.15, -0.1) is 0 Å². The summed E-state index contributed by atoms with van der Waals surface area (Å²) in [6.07, 6.45) is 16.0. The molecule has 4 aliphatic carbocycles. The lowest BCUT2D eigenvalue weighted by molar-refractivity contribution is -0.137. The minimum atomic E-state index is -0.127. The normalized spacial score (nSPS) is 44.2. The van der Waals surface area contributed by atoms with Gasteiger partial charge in [0.05, 0.1) is 5.69 Å². The van der Waals surface area contributed by atoms with Gasteiger partial charge in [-0.25, -0.2) is 0 Å². The smallest absolute Gasteiger partial charge is 0.165 e. The first-order chi connectivity index (χ1) is 13.5. The Morgan fingerprint density at radius 2 is 2.00 bits per heavy atom. The van der Waals surface area contributed by atoms with Crippen LogP contribution in [-0.2, 0) is 11.3 Å². The molecule has 0 spiro atoms. The van der Waals surface area contributed by atoms with Gasteiger partial charge in [-0.1, -0.05) is 26.7 Å². The zero-order chi connectivity index (χ0) is 19.5. The topological polar surface area (TPSA) is 34.9 Å². The van der Waals surface area contributed by atoms with Gasteiger partial charge in [0.2, 0.25) is 0 Å². The third-order valence-electron chi connectivity index (χ3n) is 9.53. The van der Waals surface area contributed by atoms with Crippen molar-refractivity contribution in [1.29, 1.82) is 0 Å². The first kappa shape index (κ1) is 18.6. The summed E-state index contributed by atoms with van der Waals surface area (Å²) in [4.78, 5) is 13.5. The fourth-order valence-electron chi connectivity index (χ4n) is 7.90. The SMILES string of the molecule is CCn1ccc(/C=C2/CC3C4CCC5CCCCC5(C)C4CCC3(C)C2=O)n1. The number of fused-ring (bicyclic) bond motifs is 5. The summed E-state index contributed by atoms with van der Waals surface area (Å²) >= 11 is 0. The molecule has 0 saturated heterocycles. The number of hydrogen-bond acceptors (Lipinski definition) is 2. The Bertz CT molecular complexity index is 807. The largest absolute Gasteiger partial charge is 0.294 e. The molecule has 0 bridgehead atoms. The van der Waals surface area contributed by atoms with E-state index in [4.69, 9.17) is 0 Å². The fraction of sp³-hybridized carbons (Fsp3) is 0.760. The number of ketones is 1. The number of aryl methyl sites for hydroxylation is 1. The van der Waals surface area contributed by atoms with E-state index in [1.807, 2.05) is 16.9 Å². The molecule has 0 aliphatic heterocycles. The Labute approximate surface area is 170 Å². The van der Waals surface area contributed by atoms with Crippen molar-refractivity contribution in [2.24, 2.45) is 34.5 Å². The predicted octanol–water partition coefficient (Wildman–Crippen LogP) is 5.90. The molecule has 4 saturated carbocycles. The molecule has 0 aromatic carbocycles. The molecule has 1 aromatic heterocycles. The average molecular weight is 381 g/mol. The van der Waals surface area contributed by atoms with Crippen LogP contribution in [0.15, 0.2) is 17.8 Å². The zero-order valence-corrected chi connectivity index (χ0v) is 17.9. The van der Waals surface area contributed by atoms with E-state index in [-0.39, 0.29) is 5.41 Å². The van der Waals surface area contributed by atoms with Crippen LogP contribution >= 0.6 is 0 Å². The van der Waals surface area contributed by atoms with Crippen molar-refractivity contribution in [2.45, 2.75) is 85.1 Å². The standard InChI is InChI=1S/C25H36N2O/c1-4-27-14-11-19(26-27)15-17-16-22-20-9-8-18-7-5-6-12-24(18,2)21(20)10-13-25(22,3)23(17)28/h11,14-15,18,20-22H,4-10,12-13,16H2,1-3H3/b17-15-. The molecule has 4 aliphatic rings. The van der Waals surface area contributed by atoms with Crippen LogP contribution in [0, 0.1) is 34.5 Å². The third kappa shape index (κ3) is 2.60. The minimum Gasteiger partial charge on any atom is -0.294 e. The van der Waals surface area contributed by atoms with Crippen molar-refractivity contribution in [2.75, 3.05) is 0 Å². The van der Waals surface area contributed by atoms with Crippen molar-refractivity contribution in [3.63, 3.8) is 0 Å². The summed E-state index contributed by atoms with van der Waals surface area (Å²) in [5.41, 5.74) is 2.41. The van der Waals surface area contributed by atoms with Crippen LogP contribution in [0.5, 0.6) is 0 Å². The minimum absolute atomic E-state index is 0.127. The van der Waals surface area contributed by atoms with Crippen LogP contribution in [0.3, 0.4) is 0 Å². The first-order valence-corrected chi connectivity index (χ1v) is 11.7. The Hall–Kier alpha value is -1.38. The van der Waals surface area contributed by atoms with Gasteiger partial charge < -0.3 is 0 Å². The monoisotopic (exact) mass is 380 g/mol.